The molecular weight excluding hydrogens is 316 g/mol. The zero-order valence-corrected chi connectivity index (χ0v) is 13.6. The smallest absolute Gasteiger partial charge is 0.414 e. The second-order valence-electron chi connectivity index (χ2n) is 4.44. The van der Waals surface area contributed by atoms with E-state index in [1.165, 1.54) is 0 Å². The van der Waals surface area contributed by atoms with E-state index in [0.717, 1.165) is 26.3 Å². The van der Waals surface area contributed by atoms with Crippen molar-refractivity contribution in [3.63, 3.8) is 0 Å². The van der Waals surface area contributed by atoms with Gasteiger partial charge in [-0.2, -0.15) is 0 Å². The lowest BCUT2D eigenvalue weighted by Crippen LogP contribution is -2.22. The molecule has 0 unspecified atom stereocenters. The molecule has 0 aromatic rings. The minimum atomic E-state index is -1.82. The normalized spacial score (nSPS) is 9.30. The number of carbonyl (C=O) groups is 4. The largest absolute Gasteiger partial charge is 0.473 e. The minimum absolute atomic E-state index is 0.834. The Morgan fingerprint density at radius 2 is 0.870 bits per heavy atom. The molecule has 0 aliphatic carbocycles. The molecule has 0 aromatic carbocycles. The molecule has 0 amide bonds. The monoisotopic (exact) mass is 340 g/mol. The fourth-order valence-corrected chi connectivity index (χ4v) is 0.596. The zero-order chi connectivity index (χ0) is 19.0. The number of carboxylic acid groups (broad SMARTS) is 4. The zero-order valence-electron chi connectivity index (χ0n) is 13.6. The van der Waals surface area contributed by atoms with Crippen molar-refractivity contribution in [2.75, 3.05) is 54.5 Å². The fraction of sp³-hybridized carbons (Fsp3) is 0.667. The van der Waals surface area contributed by atoms with E-state index in [0.29, 0.717) is 0 Å². The van der Waals surface area contributed by atoms with Gasteiger partial charge in [-0.15, -0.1) is 0 Å². The van der Waals surface area contributed by atoms with E-state index in [1.54, 1.807) is 0 Å². The van der Waals surface area contributed by atoms with E-state index in [9.17, 15) is 0 Å². The first-order valence-electron chi connectivity index (χ1n) is 6.21. The number of rotatable bonds is 6. The third-order valence-electron chi connectivity index (χ3n) is 1.73. The van der Waals surface area contributed by atoms with Crippen LogP contribution in [0.5, 0.6) is 0 Å². The Balaban J connectivity index is -0.000000284. The maximum absolute atomic E-state index is 9.10. The predicted molar refractivity (Wildman–Crippen MR) is 78.5 cm³/mol. The van der Waals surface area contributed by atoms with Crippen molar-refractivity contribution in [2.24, 2.45) is 0 Å². The van der Waals surface area contributed by atoms with Gasteiger partial charge in [-0.1, -0.05) is 0 Å². The summed E-state index contributed by atoms with van der Waals surface area (Å²) < 4.78 is 5.37. The molecular formula is C12H24N2O9. The number of nitrogens with zero attached hydrogens (tertiary/aromatic N) is 2. The highest BCUT2D eigenvalue weighted by molar-refractivity contribution is 6.27. The molecule has 0 atom stereocenters. The summed E-state index contributed by atoms with van der Waals surface area (Å²) in [5.41, 5.74) is 0. The molecule has 0 rings (SSSR count). The molecule has 0 bridgehead atoms. The number of carboxylic acids is 4. The number of likely N-dealkylation sites (N-methyl/N-ethyl adjacent to an activating group) is 2. The van der Waals surface area contributed by atoms with E-state index in [-0.39, 0.29) is 0 Å². The van der Waals surface area contributed by atoms with Crippen LogP contribution >= 0.6 is 0 Å². The van der Waals surface area contributed by atoms with Crippen LogP contribution in [0, 0.1) is 0 Å². The van der Waals surface area contributed by atoms with Crippen LogP contribution in [0.3, 0.4) is 0 Å². The van der Waals surface area contributed by atoms with Gasteiger partial charge in [0.25, 0.3) is 0 Å². The van der Waals surface area contributed by atoms with Crippen LogP contribution in [-0.2, 0) is 23.9 Å². The summed E-state index contributed by atoms with van der Waals surface area (Å²) >= 11 is 0. The molecule has 0 saturated carbocycles. The van der Waals surface area contributed by atoms with Gasteiger partial charge in [-0.25, -0.2) is 19.2 Å². The summed E-state index contributed by atoms with van der Waals surface area (Å²) in [5.74, 6) is -7.30. The molecule has 136 valence electrons. The molecule has 23 heavy (non-hydrogen) atoms. The van der Waals surface area contributed by atoms with Crippen LogP contribution in [0.1, 0.15) is 0 Å². The molecule has 11 heteroatoms. The molecule has 0 radical (unpaired) electrons. The van der Waals surface area contributed by atoms with Gasteiger partial charge < -0.3 is 35.0 Å². The van der Waals surface area contributed by atoms with Crippen molar-refractivity contribution in [3.8, 4) is 0 Å². The summed E-state index contributed by atoms with van der Waals surface area (Å²) in [7, 11) is 8.20. The predicted octanol–water partition coefficient (Wildman–Crippen LogP) is -1.56. The number of hydrogen-bond donors (Lipinski definition) is 4. The molecule has 0 fully saturated rings. The third-order valence-corrected chi connectivity index (χ3v) is 1.73. The summed E-state index contributed by atoms with van der Waals surface area (Å²) in [6.45, 7) is 3.68. The van der Waals surface area contributed by atoms with Gasteiger partial charge in [0.15, 0.2) is 0 Å². The van der Waals surface area contributed by atoms with Gasteiger partial charge in [0.2, 0.25) is 0 Å². The Morgan fingerprint density at radius 3 is 1.00 bits per heavy atom. The van der Waals surface area contributed by atoms with E-state index < -0.39 is 23.9 Å². The van der Waals surface area contributed by atoms with E-state index in [1.807, 2.05) is 0 Å². The fourth-order valence-electron chi connectivity index (χ4n) is 0.596. The van der Waals surface area contributed by atoms with Crippen LogP contribution in [0.2, 0.25) is 0 Å². The van der Waals surface area contributed by atoms with Crippen molar-refractivity contribution >= 4 is 23.9 Å². The molecule has 0 spiro atoms. The Labute approximate surface area is 133 Å². The van der Waals surface area contributed by atoms with E-state index in [2.05, 4.69) is 38.0 Å². The third kappa shape index (κ3) is 32.9. The van der Waals surface area contributed by atoms with Gasteiger partial charge in [-0.05, 0) is 28.2 Å². The maximum atomic E-state index is 9.10. The van der Waals surface area contributed by atoms with Crippen molar-refractivity contribution in [3.05, 3.63) is 0 Å². The Bertz CT molecular complexity index is 312. The highest BCUT2D eigenvalue weighted by atomic mass is 16.5. The summed E-state index contributed by atoms with van der Waals surface area (Å²) in [5, 5.41) is 29.6. The molecule has 0 heterocycles. The lowest BCUT2D eigenvalue weighted by Gasteiger charge is -2.12. The van der Waals surface area contributed by atoms with Gasteiger partial charge in [-0.3, -0.25) is 0 Å². The van der Waals surface area contributed by atoms with E-state index >= 15 is 0 Å². The second-order valence-corrected chi connectivity index (χ2v) is 4.44. The number of ether oxygens (including phenoxy) is 1. The van der Waals surface area contributed by atoms with Crippen molar-refractivity contribution in [1.29, 1.82) is 0 Å². The number of hydrogen-bond acceptors (Lipinski definition) is 7. The van der Waals surface area contributed by atoms with Gasteiger partial charge in [0.1, 0.15) is 0 Å². The van der Waals surface area contributed by atoms with Crippen LogP contribution in [0.15, 0.2) is 0 Å². The first-order valence-corrected chi connectivity index (χ1v) is 6.21. The van der Waals surface area contributed by atoms with Crippen LogP contribution in [0.4, 0.5) is 0 Å². The van der Waals surface area contributed by atoms with Crippen molar-refractivity contribution in [1.82, 2.24) is 9.80 Å². The topological polar surface area (TPSA) is 165 Å². The average molecular weight is 340 g/mol. The first kappa shape index (κ1) is 25.7. The molecule has 0 aliphatic heterocycles. The summed E-state index contributed by atoms with van der Waals surface area (Å²) in [6, 6.07) is 0. The second kappa shape index (κ2) is 16.1. The first-order chi connectivity index (χ1) is 10.4. The number of aliphatic carboxylic acids is 4. The minimum Gasteiger partial charge on any atom is -0.473 e. The van der Waals surface area contributed by atoms with E-state index in [4.69, 9.17) is 44.3 Å². The maximum Gasteiger partial charge on any atom is 0.414 e. The van der Waals surface area contributed by atoms with Crippen LogP contribution in [-0.4, -0.2) is 109 Å². The lowest BCUT2D eigenvalue weighted by atomic mass is 10.6. The standard InChI is InChI=1S/C8H20N2O.2C2H2O4/c1-9(2)5-7-11-8-6-10(3)4;2*3-1(4)2(5)6/h5-8H2,1-4H3;2*(H,3,4)(H,5,6). The molecule has 11 nitrogen and oxygen atoms in total. The Kier molecular flexibility index (Phi) is 18.0. The van der Waals surface area contributed by atoms with Crippen LogP contribution < -0.4 is 0 Å². The quantitative estimate of drug-likeness (QED) is 0.326. The van der Waals surface area contributed by atoms with Crippen molar-refractivity contribution < 1.29 is 44.3 Å². The summed E-state index contributed by atoms with van der Waals surface area (Å²) in [6.07, 6.45) is 0. The highest BCUT2D eigenvalue weighted by Crippen LogP contribution is 1.80. The molecule has 0 aliphatic rings. The van der Waals surface area contributed by atoms with Gasteiger partial charge >= 0.3 is 23.9 Å². The van der Waals surface area contributed by atoms with Crippen LogP contribution in [0.25, 0.3) is 0 Å². The Hall–Kier alpha value is -2.24. The molecule has 4 N–H and O–H groups in total. The average Bonchev–Trinajstić information content (AvgIpc) is 2.38. The van der Waals surface area contributed by atoms with Gasteiger partial charge in [0, 0.05) is 13.1 Å². The molecule has 0 saturated heterocycles. The SMILES string of the molecule is CN(C)CCOCCN(C)C.O=C(O)C(=O)O.O=C(O)C(=O)O. The lowest BCUT2D eigenvalue weighted by molar-refractivity contribution is -0.159. The summed E-state index contributed by atoms with van der Waals surface area (Å²) in [4.78, 5) is 40.6. The molecule has 0 aromatic heterocycles. The van der Waals surface area contributed by atoms with Crippen molar-refractivity contribution in [2.45, 2.75) is 0 Å². The van der Waals surface area contributed by atoms with Gasteiger partial charge in [0.05, 0.1) is 13.2 Å². The Morgan fingerprint density at radius 1 is 0.652 bits per heavy atom. The highest BCUT2D eigenvalue weighted by Gasteiger charge is 2.04.